The summed E-state index contributed by atoms with van der Waals surface area (Å²) in [7, 11) is 0. The van der Waals surface area contributed by atoms with E-state index in [1.165, 1.54) is 5.56 Å². The van der Waals surface area contributed by atoms with Crippen molar-refractivity contribution in [3.8, 4) is 17.6 Å². The maximum absolute atomic E-state index is 8.81. The number of nitrogens with zero attached hydrogens (tertiary/aromatic N) is 1. The zero-order chi connectivity index (χ0) is 11.5. The quantitative estimate of drug-likeness (QED) is 0.764. The Bertz CT molecular complexity index is 432. The number of benzene rings is 1. The van der Waals surface area contributed by atoms with E-state index in [9.17, 15) is 0 Å². The van der Waals surface area contributed by atoms with Crippen LogP contribution in [-0.4, -0.2) is 13.2 Å². The Kier molecular flexibility index (Phi) is 3.00. The fourth-order valence-corrected chi connectivity index (χ4v) is 1.92. The van der Waals surface area contributed by atoms with Crippen molar-refractivity contribution in [2.75, 3.05) is 13.2 Å². The standard InChI is InChI=1S/C13H15NO2/c1-9(2)11-8-13-12(15-5-6-16-13)7-10(11)3-4-14/h7-9H,3,5-6H2,1-2H3. The van der Waals surface area contributed by atoms with Gasteiger partial charge in [0.1, 0.15) is 13.2 Å². The number of nitriles is 1. The Morgan fingerprint density at radius 3 is 2.44 bits per heavy atom. The zero-order valence-corrected chi connectivity index (χ0v) is 9.62. The van der Waals surface area contributed by atoms with Crippen LogP contribution in [0.4, 0.5) is 0 Å². The fourth-order valence-electron chi connectivity index (χ4n) is 1.92. The number of hydrogen-bond acceptors (Lipinski definition) is 3. The summed E-state index contributed by atoms with van der Waals surface area (Å²) in [6.45, 7) is 5.42. The molecule has 3 heteroatoms. The van der Waals surface area contributed by atoms with Gasteiger partial charge in [-0.1, -0.05) is 13.8 Å². The van der Waals surface area contributed by atoms with E-state index >= 15 is 0 Å². The van der Waals surface area contributed by atoms with E-state index in [1.54, 1.807) is 0 Å². The molecular weight excluding hydrogens is 202 g/mol. The highest BCUT2D eigenvalue weighted by Crippen LogP contribution is 2.35. The molecule has 16 heavy (non-hydrogen) atoms. The van der Waals surface area contributed by atoms with E-state index < -0.39 is 0 Å². The molecule has 0 radical (unpaired) electrons. The summed E-state index contributed by atoms with van der Waals surface area (Å²) in [5, 5.41) is 8.81. The molecule has 1 aliphatic heterocycles. The first-order valence-electron chi connectivity index (χ1n) is 5.51. The van der Waals surface area contributed by atoms with E-state index in [2.05, 4.69) is 19.9 Å². The van der Waals surface area contributed by atoms with Gasteiger partial charge in [-0.15, -0.1) is 0 Å². The molecule has 1 aromatic carbocycles. The van der Waals surface area contributed by atoms with Gasteiger partial charge in [0.05, 0.1) is 12.5 Å². The summed E-state index contributed by atoms with van der Waals surface area (Å²) in [5.41, 5.74) is 2.22. The highest BCUT2D eigenvalue weighted by atomic mass is 16.6. The molecule has 1 heterocycles. The molecule has 0 saturated heterocycles. The summed E-state index contributed by atoms with van der Waals surface area (Å²) in [6, 6.07) is 6.13. The van der Waals surface area contributed by atoms with Crippen LogP contribution < -0.4 is 9.47 Å². The minimum atomic E-state index is 0.388. The van der Waals surface area contributed by atoms with Gasteiger partial charge in [-0.3, -0.25) is 0 Å². The first-order chi connectivity index (χ1) is 7.72. The third-order valence-electron chi connectivity index (χ3n) is 2.70. The molecule has 0 amide bonds. The summed E-state index contributed by atoms with van der Waals surface area (Å²) in [6.07, 6.45) is 0.421. The molecule has 0 saturated carbocycles. The second kappa shape index (κ2) is 4.44. The van der Waals surface area contributed by atoms with Gasteiger partial charge >= 0.3 is 0 Å². The molecule has 0 unspecified atom stereocenters. The lowest BCUT2D eigenvalue weighted by molar-refractivity contribution is 0.171. The molecule has 0 aromatic heterocycles. The Hall–Kier alpha value is -1.69. The molecule has 0 bridgehead atoms. The van der Waals surface area contributed by atoms with E-state index in [0.29, 0.717) is 25.6 Å². The Morgan fingerprint density at radius 2 is 1.88 bits per heavy atom. The average molecular weight is 217 g/mol. The van der Waals surface area contributed by atoms with Crippen LogP contribution in [0.3, 0.4) is 0 Å². The van der Waals surface area contributed by atoms with Crippen molar-refractivity contribution >= 4 is 0 Å². The summed E-state index contributed by atoms with van der Waals surface area (Å²) in [4.78, 5) is 0. The molecule has 2 rings (SSSR count). The van der Waals surface area contributed by atoms with Crippen molar-refractivity contribution in [2.45, 2.75) is 26.2 Å². The molecule has 0 N–H and O–H groups in total. The molecule has 84 valence electrons. The maximum Gasteiger partial charge on any atom is 0.161 e. The Morgan fingerprint density at radius 1 is 1.25 bits per heavy atom. The van der Waals surface area contributed by atoms with Gasteiger partial charge in [0, 0.05) is 0 Å². The predicted molar refractivity (Wildman–Crippen MR) is 60.8 cm³/mol. The number of fused-ring (bicyclic) bond motifs is 1. The van der Waals surface area contributed by atoms with Gasteiger partial charge in [-0.2, -0.15) is 5.26 Å². The van der Waals surface area contributed by atoms with Crippen molar-refractivity contribution in [1.29, 1.82) is 5.26 Å². The molecular formula is C13H15NO2. The van der Waals surface area contributed by atoms with Crippen LogP contribution in [-0.2, 0) is 6.42 Å². The molecule has 0 fully saturated rings. The second-order valence-electron chi connectivity index (χ2n) is 4.18. The maximum atomic E-state index is 8.81. The van der Waals surface area contributed by atoms with Crippen LogP contribution in [0.2, 0.25) is 0 Å². The number of rotatable bonds is 2. The van der Waals surface area contributed by atoms with Crippen LogP contribution in [0.5, 0.6) is 11.5 Å². The first-order valence-corrected chi connectivity index (χ1v) is 5.51. The van der Waals surface area contributed by atoms with Gasteiger partial charge in [0.2, 0.25) is 0 Å². The Balaban J connectivity index is 2.46. The second-order valence-corrected chi connectivity index (χ2v) is 4.18. The number of ether oxygens (including phenoxy) is 2. The minimum absolute atomic E-state index is 0.388. The van der Waals surface area contributed by atoms with E-state index in [-0.39, 0.29) is 0 Å². The monoisotopic (exact) mass is 217 g/mol. The molecule has 0 atom stereocenters. The van der Waals surface area contributed by atoms with E-state index in [0.717, 1.165) is 17.1 Å². The molecule has 1 aliphatic rings. The van der Waals surface area contributed by atoms with Gasteiger partial charge in [-0.05, 0) is 29.2 Å². The normalized spacial score (nSPS) is 13.6. The summed E-state index contributed by atoms with van der Waals surface area (Å²) >= 11 is 0. The summed E-state index contributed by atoms with van der Waals surface area (Å²) < 4.78 is 11.1. The van der Waals surface area contributed by atoms with Gasteiger partial charge < -0.3 is 9.47 Å². The first kappa shape index (κ1) is 10.8. The van der Waals surface area contributed by atoms with Crippen LogP contribution >= 0.6 is 0 Å². The van der Waals surface area contributed by atoms with Gasteiger partial charge in [0.15, 0.2) is 11.5 Å². The highest BCUT2D eigenvalue weighted by Gasteiger charge is 2.16. The fraction of sp³-hybridized carbons (Fsp3) is 0.462. The van der Waals surface area contributed by atoms with Crippen molar-refractivity contribution in [2.24, 2.45) is 0 Å². The molecule has 3 nitrogen and oxygen atoms in total. The van der Waals surface area contributed by atoms with Gasteiger partial charge in [-0.25, -0.2) is 0 Å². The number of hydrogen-bond donors (Lipinski definition) is 0. The predicted octanol–water partition coefficient (Wildman–Crippen LogP) is 2.65. The topological polar surface area (TPSA) is 42.2 Å². The van der Waals surface area contributed by atoms with Crippen LogP contribution in [0.25, 0.3) is 0 Å². The van der Waals surface area contributed by atoms with Crippen molar-refractivity contribution < 1.29 is 9.47 Å². The van der Waals surface area contributed by atoms with Crippen molar-refractivity contribution in [3.05, 3.63) is 23.3 Å². The molecule has 1 aromatic rings. The third kappa shape index (κ3) is 1.96. The van der Waals surface area contributed by atoms with Crippen molar-refractivity contribution in [3.63, 3.8) is 0 Å². The largest absolute Gasteiger partial charge is 0.486 e. The minimum Gasteiger partial charge on any atom is -0.486 e. The van der Waals surface area contributed by atoms with Crippen LogP contribution in [0, 0.1) is 11.3 Å². The highest BCUT2D eigenvalue weighted by molar-refractivity contribution is 5.49. The lowest BCUT2D eigenvalue weighted by atomic mass is 9.95. The Labute approximate surface area is 95.6 Å². The van der Waals surface area contributed by atoms with Crippen LogP contribution in [0.15, 0.2) is 12.1 Å². The molecule has 0 spiro atoms. The molecule has 0 aliphatic carbocycles. The zero-order valence-electron chi connectivity index (χ0n) is 9.62. The lowest BCUT2D eigenvalue weighted by Gasteiger charge is -2.21. The average Bonchev–Trinajstić information content (AvgIpc) is 2.28. The van der Waals surface area contributed by atoms with Crippen molar-refractivity contribution in [1.82, 2.24) is 0 Å². The third-order valence-corrected chi connectivity index (χ3v) is 2.70. The van der Waals surface area contributed by atoms with E-state index in [4.69, 9.17) is 14.7 Å². The summed E-state index contributed by atoms with van der Waals surface area (Å²) in [5.74, 6) is 1.96. The SMILES string of the molecule is CC(C)c1cc2c(cc1CC#N)OCCO2. The van der Waals surface area contributed by atoms with E-state index in [1.807, 2.05) is 12.1 Å². The van der Waals surface area contributed by atoms with Gasteiger partial charge in [0.25, 0.3) is 0 Å². The smallest absolute Gasteiger partial charge is 0.161 e. The van der Waals surface area contributed by atoms with Crippen LogP contribution in [0.1, 0.15) is 30.9 Å². The lowest BCUT2D eigenvalue weighted by Crippen LogP contribution is -2.16.